The molecule has 5 heteroatoms. The molecule has 2 aromatic rings. The van der Waals surface area contributed by atoms with Crippen LogP contribution in [0.4, 0.5) is 0 Å². The second kappa shape index (κ2) is 7.69. The summed E-state index contributed by atoms with van der Waals surface area (Å²) in [6.45, 7) is 5.40. The van der Waals surface area contributed by atoms with Crippen LogP contribution in [0.3, 0.4) is 0 Å². The second-order valence-corrected chi connectivity index (χ2v) is 7.64. The van der Waals surface area contributed by atoms with E-state index in [9.17, 15) is 9.59 Å². The summed E-state index contributed by atoms with van der Waals surface area (Å²) in [4.78, 5) is 29.8. The Labute approximate surface area is 159 Å². The van der Waals surface area contributed by atoms with Crippen molar-refractivity contribution in [3.63, 3.8) is 0 Å². The molecule has 2 unspecified atom stereocenters. The zero-order valence-electron chi connectivity index (χ0n) is 15.8. The van der Waals surface area contributed by atoms with Crippen LogP contribution in [0.15, 0.2) is 45.6 Å². The van der Waals surface area contributed by atoms with E-state index in [4.69, 9.17) is 4.42 Å². The van der Waals surface area contributed by atoms with E-state index >= 15 is 0 Å². The fourth-order valence-corrected chi connectivity index (χ4v) is 4.28. The first-order chi connectivity index (χ1) is 13.1. The lowest BCUT2D eigenvalue weighted by Gasteiger charge is -2.34. The van der Waals surface area contributed by atoms with Crippen LogP contribution in [-0.4, -0.2) is 47.9 Å². The summed E-state index contributed by atoms with van der Waals surface area (Å²) in [6, 6.07) is 12.4. The van der Waals surface area contributed by atoms with Crippen molar-refractivity contribution in [2.24, 2.45) is 0 Å². The van der Waals surface area contributed by atoms with Gasteiger partial charge in [0.25, 0.3) is 5.91 Å². The molecule has 0 spiro atoms. The number of fused-ring (bicyclic) bond motifs is 2. The van der Waals surface area contributed by atoms with E-state index in [0.29, 0.717) is 18.7 Å². The first kappa shape index (κ1) is 18.0. The largest absolute Gasteiger partial charge is 0.427 e. The zero-order valence-corrected chi connectivity index (χ0v) is 15.8. The average molecular weight is 366 g/mol. The minimum absolute atomic E-state index is 0.163. The highest BCUT2D eigenvalue weighted by Gasteiger charge is 2.36. The van der Waals surface area contributed by atoms with Gasteiger partial charge in [-0.1, -0.05) is 30.3 Å². The molecule has 5 nitrogen and oxygen atoms in total. The maximum absolute atomic E-state index is 13.0. The summed E-state index contributed by atoms with van der Waals surface area (Å²) in [6.07, 6.45) is 3.54. The molecular weight excluding hydrogens is 340 g/mol. The lowest BCUT2D eigenvalue weighted by atomic mass is 10.0. The quantitative estimate of drug-likeness (QED) is 0.816. The third-order valence-corrected chi connectivity index (χ3v) is 5.75. The van der Waals surface area contributed by atoms with Crippen LogP contribution in [-0.2, 0) is 12.8 Å². The first-order valence-electron chi connectivity index (χ1n) is 9.82. The Morgan fingerprint density at radius 3 is 2.74 bits per heavy atom. The number of benzene rings is 1. The molecule has 0 aliphatic carbocycles. The predicted molar refractivity (Wildman–Crippen MR) is 104 cm³/mol. The van der Waals surface area contributed by atoms with E-state index in [2.05, 4.69) is 17.0 Å². The SMILES string of the molecule is Cc1cc(CCCc2ccccc2)oc(=O)c1C(=O)N1CCN2CCC1C2. The highest BCUT2D eigenvalue weighted by Crippen LogP contribution is 2.23. The summed E-state index contributed by atoms with van der Waals surface area (Å²) < 4.78 is 5.50. The van der Waals surface area contributed by atoms with Gasteiger partial charge in [0.2, 0.25) is 0 Å². The molecule has 4 rings (SSSR count). The molecule has 1 aromatic heterocycles. The first-order valence-corrected chi connectivity index (χ1v) is 9.82. The van der Waals surface area contributed by atoms with Crippen LogP contribution in [0.25, 0.3) is 0 Å². The molecule has 142 valence electrons. The van der Waals surface area contributed by atoms with Gasteiger partial charge in [0.1, 0.15) is 11.3 Å². The molecule has 1 amide bonds. The molecular formula is C22H26N2O3. The molecule has 27 heavy (non-hydrogen) atoms. The number of carbonyl (C=O) groups excluding carboxylic acids is 1. The maximum atomic E-state index is 13.0. The van der Waals surface area contributed by atoms with Gasteiger partial charge in [0, 0.05) is 38.6 Å². The van der Waals surface area contributed by atoms with Gasteiger partial charge < -0.3 is 9.32 Å². The Bertz CT molecular complexity index is 875. The summed E-state index contributed by atoms with van der Waals surface area (Å²) in [5.74, 6) is 0.499. The van der Waals surface area contributed by atoms with Crippen molar-refractivity contribution in [1.82, 2.24) is 9.80 Å². The maximum Gasteiger partial charge on any atom is 0.349 e. The Hall–Kier alpha value is -2.40. The van der Waals surface area contributed by atoms with E-state index in [1.165, 1.54) is 5.56 Å². The normalized spacial score (nSPS) is 21.4. The Balaban J connectivity index is 1.45. The molecule has 2 fully saturated rings. The molecule has 0 N–H and O–H groups in total. The van der Waals surface area contributed by atoms with Crippen LogP contribution in [0, 0.1) is 6.92 Å². The number of hydrogen-bond acceptors (Lipinski definition) is 4. The Morgan fingerprint density at radius 1 is 1.15 bits per heavy atom. The number of piperazine rings is 1. The Morgan fingerprint density at radius 2 is 1.96 bits per heavy atom. The molecule has 2 aliphatic heterocycles. The molecule has 3 heterocycles. The summed E-state index contributed by atoms with van der Waals surface area (Å²) in [5.41, 5.74) is 1.72. The second-order valence-electron chi connectivity index (χ2n) is 7.64. The van der Waals surface area contributed by atoms with E-state index < -0.39 is 5.63 Å². The van der Waals surface area contributed by atoms with Gasteiger partial charge >= 0.3 is 5.63 Å². The highest BCUT2D eigenvalue weighted by atomic mass is 16.4. The lowest BCUT2D eigenvalue weighted by molar-refractivity contribution is 0.0603. The number of aryl methyl sites for hydroxylation is 3. The molecule has 1 aromatic carbocycles. The van der Waals surface area contributed by atoms with Gasteiger partial charge in [-0.15, -0.1) is 0 Å². The zero-order chi connectivity index (χ0) is 18.8. The van der Waals surface area contributed by atoms with Crippen molar-refractivity contribution in [3.8, 4) is 0 Å². The van der Waals surface area contributed by atoms with E-state index in [-0.39, 0.29) is 17.5 Å². The van der Waals surface area contributed by atoms with Gasteiger partial charge in [-0.3, -0.25) is 9.69 Å². The van der Waals surface area contributed by atoms with Crippen molar-refractivity contribution in [2.45, 2.75) is 38.6 Å². The van der Waals surface area contributed by atoms with Gasteiger partial charge in [-0.2, -0.15) is 0 Å². The van der Waals surface area contributed by atoms with Crippen LogP contribution in [0.5, 0.6) is 0 Å². The van der Waals surface area contributed by atoms with E-state index in [0.717, 1.165) is 44.5 Å². The number of rotatable bonds is 5. The van der Waals surface area contributed by atoms with Crippen LogP contribution >= 0.6 is 0 Å². The number of hydrogen-bond donors (Lipinski definition) is 0. The van der Waals surface area contributed by atoms with Gasteiger partial charge in [-0.05, 0) is 43.4 Å². The molecule has 2 saturated heterocycles. The van der Waals surface area contributed by atoms with Crippen molar-refractivity contribution < 1.29 is 9.21 Å². The summed E-state index contributed by atoms with van der Waals surface area (Å²) in [5, 5.41) is 0. The van der Waals surface area contributed by atoms with Crippen LogP contribution in [0.2, 0.25) is 0 Å². The molecule has 2 aliphatic rings. The van der Waals surface area contributed by atoms with Crippen LogP contribution in [0.1, 0.15) is 40.1 Å². The minimum atomic E-state index is -0.491. The fraction of sp³-hybridized carbons (Fsp3) is 0.455. The average Bonchev–Trinajstić information content (AvgIpc) is 3.03. The van der Waals surface area contributed by atoms with Crippen molar-refractivity contribution in [2.75, 3.05) is 26.2 Å². The fourth-order valence-electron chi connectivity index (χ4n) is 4.28. The molecule has 2 bridgehead atoms. The highest BCUT2D eigenvalue weighted by molar-refractivity contribution is 5.95. The van der Waals surface area contributed by atoms with Gasteiger partial charge in [0.15, 0.2) is 0 Å². The molecule has 2 atom stereocenters. The van der Waals surface area contributed by atoms with Crippen molar-refractivity contribution >= 4 is 5.91 Å². The van der Waals surface area contributed by atoms with E-state index in [1.54, 1.807) is 0 Å². The topological polar surface area (TPSA) is 53.8 Å². The summed E-state index contributed by atoms with van der Waals surface area (Å²) in [7, 11) is 0. The molecule has 0 radical (unpaired) electrons. The van der Waals surface area contributed by atoms with Gasteiger partial charge in [-0.25, -0.2) is 4.79 Å². The predicted octanol–water partition coefficient (Wildman–Crippen LogP) is 2.65. The molecule has 0 saturated carbocycles. The number of amides is 1. The van der Waals surface area contributed by atoms with Crippen molar-refractivity contribution in [1.29, 1.82) is 0 Å². The number of nitrogens with zero attached hydrogens (tertiary/aromatic N) is 2. The minimum Gasteiger partial charge on any atom is -0.427 e. The third kappa shape index (κ3) is 3.83. The van der Waals surface area contributed by atoms with Crippen LogP contribution < -0.4 is 5.63 Å². The van der Waals surface area contributed by atoms with Crippen molar-refractivity contribution in [3.05, 3.63) is 69.3 Å². The standard InChI is InChI=1S/C22H26N2O3/c1-16-14-19(9-5-8-17-6-3-2-4-7-17)27-22(26)20(16)21(25)24-13-12-23-11-10-18(24)15-23/h2-4,6-7,14,18H,5,8-13,15H2,1H3. The number of carbonyl (C=O) groups is 1. The van der Waals surface area contributed by atoms with E-state index in [1.807, 2.05) is 36.1 Å². The monoisotopic (exact) mass is 366 g/mol. The smallest absolute Gasteiger partial charge is 0.349 e. The van der Waals surface area contributed by atoms with Gasteiger partial charge in [0.05, 0.1) is 0 Å². The lowest BCUT2D eigenvalue weighted by Crippen LogP contribution is -2.50. The summed E-state index contributed by atoms with van der Waals surface area (Å²) >= 11 is 0. The Kier molecular flexibility index (Phi) is 5.12. The third-order valence-electron chi connectivity index (χ3n) is 5.75.